The minimum atomic E-state index is -4.60. The Labute approximate surface area is 229 Å². The van der Waals surface area contributed by atoms with Crippen LogP contribution in [-0.4, -0.2) is 13.4 Å². The number of aromatic nitrogens is 1. The lowest BCUT2D eigenvalue weighted by molar-refractivity contribution is -0.141. The number of para-hydroxylation sites is 2. The van der Waals surface area contributed by atoms with Gasteiger partial charge in [-0.15, -0.1) is 0 Å². The Hall–Kier alpha value is -4.69. The molecule has 0 saturated heterocycles. The zero-order valence-electron chi connectivity index (χ0n) is 20.9. The van der Waals surface area contributed by atoms with E-state index in [2.05, 4.69) is 9.88 Å². The number of rotatable bonds is 5. The molecule has 4 nitrogen and oxygen atoms in total. The van der Waals surface area contributed by atoms with Crippen molar-refractivity contribution in [3.05, 3.63) is 150 Å². The zero-order valence-corrected chi connectivity index (χ0v) is 21.7. The SMILES string of the molecule is O=S1(=O)C(c2ccc(N(c3ccccc3)c3ccccc3)cc2)=C(c2ccc(C(F)(F)F)nc2)c2ccccc21. The van der Waals surface area contributed by atoms with Crippen LogP contribution in [0, 0.1) is 0 Å². The molecule has 4 aromatic carbocycles. The second-order valence-electron chi connectivity index (χ2n) is 9.19. The van der Waals surface area contributed by atoms with Gasteiger partial charge in [-0.2, -0.15) is 13.2 Å². The van der Waals surface area contributed by atoms with Gasteiger partial charge in [-0.3, -0.25) is 4.98 Å². The van der Waals surface area contributed by atoms with E-state index in [0.29, 0.717) is 16.7 Å². The van der Waals surface area contributed by atoms with Gasteiger partial charge < -0.3 is 4.90 Å². The van der Waals surface area contributed by atoms with Crippen molar-refractivity contribution in [2.45, 2.75) is 11.1 Å². The van der Waals surface area contributed by atoms with E-state index in [-0.39, 0.29) is 15.4 Å². The average Bonchev–Trinajstić information content (AvgIpc) is 3.21. The molecule has 2 heterocycles. The Morgan fingerprint density at radius 2 is 1.12 bits per heavy atom. The summed E-state index contributed by atoms with van der Waals surface area (Å²) in [5.74, 6) is 0. The highest BCUT2D eigenvalue weighted by molar-refractivity contribution is 8.01. The third kappa shape index (κ3) is 4.46. The maximum Gasteiger partial charge on any atom is 0.433 e. The van der Waals surface area contributed by atoms with Crippen LogP contribution in [0.25, 0.3) is 10.5 Å². The van der Waals surface area contributed by atoms with E-state index in [1.165, 1.54) is 12.1 Å². The van der Waals surface area contributed by atoms with Crippen molar-refractivity contribution in [3.63, 3.8) is 0 Å². The van der Waals surface area contributed by atoms with Crippen molar-refractivity contribution in [1.29, 1.82) is 0 Å². The van der Waals surface area contributed by atoms with Gasteiger partial charge >= 0.3 is 6.18 Å². The van der Waals surface area contributed by atoms with Crippen LogP contribution in [0.3, 0.4) is 0 Å². The van der Waals surface area contributed by atoms with E-state index in [9.17, 15) is 21.6 Å². The van der Waals surface area contributed by atoms with E-state index in [1.807, 2.05) is 72.8 Å². The molecular formula is C32H21F3N2O2S. The van der Waals surface area contributed by atoms with E-state index < -0.39 is 21.7 Å². The van der Waals surface area contributed by atoms with Gasteiger partial charge in [0.2, 0.25) is 9.84 Å². The highest BCUT2D eigenvalue weighted by atomic mass is 32.2. The third-order valence-electron chi connectivity index (χ3n) is 6.70. The Morgan fingerprint density at radius 1 is 0.600 bits per heavy atom. The molecule has 1 aliphatic rings. The molecule has 0 unspecified atom stereocenters. The predicted octanol–water partition coefficient (Wildman–Crippen LogP) is 8.27. The fourth-order valence-corrected chi connectivity index (χ4v) is 6.81. The van der Waals surface area contributed by atoms with Crippen molar-refractivity contribution in [2.75, 3.05) is 4.90 Å². The average molecular weight is 555 g/mol. The number of fused-ring (bicyclic) bond motifs is 1. The van der Waals surface area contributed by atoms with E-state index in [4.69, 9.17) is 0 Å². The summed E-state index contributed by atoms with van der Waals surface area (Å²) in [4.78, 5) is 5.78. The van der Waals surface area contributed by atoms with Crippen LogP contribution in [0.1, 0.15) is 22.4 Å². The number of pyridine rings is 1. The van der Waals surface area contributed by atoms with Crippen LogP contribution >= 0.6 is 0 Å². The first-order chi connectivity index (χ1) is 19.2. The molecule has 0 bridgehead atoms. The second-order valence-corrected chi connectivity index (χ2v) is 11.0. The number of anilines is 3. The summed E-state index contributed by atoms with van der Waals surface area (Å²) < 4.78 is 67.1. The standard InChI is InChI=1S/C32H21F3N2O2S/c33-32(34,35)29-20-17-23(21-36-29)30-27-13-7-8-14-28(27)40(38,39)31(30)22-15-18-26(19-16-22)37(24-9-3-1-4-10-24)25-11-5-2-6-12-25/h1-21H. The van der Waals surface area contributed by atoms with E-state index in [1.54, 1.807) is 30.3 Å². The maximum atomic E-state index is 13.8. The first-order valence-corrected chi connectivity index (χ1v) is 13.9. The van der Waals surface area contributed by atoms with Crippen LogP contribution in [0.4, 0.5) is 30.2 Å². The molecule has 40 heavy (non-hydrogen) atoms. The van der Waals surface area contributed by atoms with Gasteiger partial charge in [-0.1, -0.05) is 72.8 Å². The largest absolute Gasteiger partial charge is 0.433 e. The molecule has 0 fully saturated rings. The highest BCUT2D eigenvalue weighted by Gasteiger charge is 2.38. The van der Waals surface area contributed by atoms with Gasteiger partial charge in [0.1, 0.15) is 5.69 Å². The summed E-state index contributed by atoms with van der Waals surface area (Å²) in [5.41, 5.74) is 3.10. The topological polar surface area (TPSA) is 50.3 Å². The lowest BCUT2D eigenvalue weighted by Gasteiger charge is -2.25. The van der Waals surface area contributed by atoms with Crippen molar-refractivity contribution in [2.24, 2.45) is 0 Å². The van der Waals surface area contributed by atoms with Crippen molar-refractivity contribution in [3.8, 4) is 0 Å². The van der Waals surface area contributed by atoms with Crippen LogP contribution in [0.5, 0.6) is 0 Å². The summed E-state index contributed by atoms with van der Waals surface area (Å²) in [6.45, 7) is 0. The monoisotopic (exact) mass is 554 g/mol. The van der Waals surface area contributed by atoms with Gasteiger partial charge in [-0.05, 0) is 54.1 Å². The predicted molar refractivity (Wildman–Crippen MR) is 150 cm³/mol. The summed E-state index contributed by atoms with van der Waals surface area (Å²) in [6, 6.07) is 35.3. The lowest BCUT2D eigenvalue weighted by atomic mass is 9.96. The van der Waals surface area contributed by atoms with Gasteiger partial charge in [0.25, 0.3) is 0 Å². The molecule has 5 aromatic rings. The number of hydrogen-bond acceptors (Lipinski definition) is 4. The van der Waals surface area contributed by atoms with Gasteiger partial charge in [0, 0.05) is 40.0 Å². The molecule has 0 spiro atoms. The maximum absolute atomic E-state index is 13.8. The quantitative estimate of drug-likeness (QED) is 0.219. The molecule has 0 radical (unpaired) electrons. The van der Waals surface area contributed by atoms with Crippen molar-refractivity contribution in [1.82, 2.24) is 4.98 Å². The van der Waals surface area contributed by atoms with Crippen molar-refractivity contribution >= 4 is 37.4 Å². The van der Waals surface area contributed by atoms with Gasteiger partial charge in [0.05, 0.1) is 9.80 Å². The Morgan fingerprint density at radius 3 is 1.68 bits per heavy atom. The van der Waals surface area contributed by atoms with Gasteiger partial charge in [0.15, 0.2) is 0 Å². The van der Waals surface area contributed by atoms with Gasteiger partial charge in [-0.25, -0.2) is 8.42 Å². The lowest BCUT2D eigenvalue weighted by Crippen LogP contribution is -2.10. The fraction of sp³-hybridized carbons (Fsp3) is 0.0312. The number of halogens is 3. The summed E-state index contributed by atoms with van der Waals surface area (Å²) in [6.07, 6.45) is -3.52. The Balaban J connectivity index is 1.50. The van der Waals surface area contributed by atoms with E-state index >= 15 is 0 Å². The van der Waals surface area contributed by atoms with E-state index in [0.717, 1.165) is 29.3 Å². The summed E-state index contributed by atoms with van der Waals surface area (Å²) in [7, 11) is -3.96. The minimum absolute atomic E-state index is 0.0350. The van der Waals surface area contributed by atoms with Crippen LogP contribution in [0.15, 0.2) is 132 Å². The summed E-state index contributed by atoms with van der Waals surface area (Å²) in [5, 5.41) is 0. The molecule has 8 heteroatoms. The smallest absolute Gasteiger partial charge is 0.311 e. The number of sulfone groups is 1. The fourth-order valence-electron chi connectivity index (χ4n) is 4.93. The van der Waals surface area contributed by atoms with Crippen LogP contribution in [-0.2, 0) is 16.0 Å². The molecule has 1 aromatic heterocycles. The molecule has 6 rings (SSSR count). The van der Waals surface area contributed by atoms with Crippen LogP contribution in [0.2, 0.25) is 0 Å². The summed E-state index contributed by atoms with van der Waals surface area (Å²) >= 11 is 0. The molecule has 1 aliphatic heterocycles. The molecule has 0 atom stereocenters. The number of nitrogens with zero attached hydrogens (tertiary/aromatic N) is 2. The molecular weight excluding hydrogens is 533 g/mol. The Kier molecular flexibility index (Phi) is 6.27. The molecule has 0 amide bonds. The molecule has 0 aliphatic carbocycles. The highest BCUT2D eigenvalue weighted by Crippen LogP contribution is 2.48. The molecule has 0 N–H and O–H groups in total. The normalized spacial score (nSPS) is 14.2. The van der Waals surface area contributed by atoms with Crippen LogP contribution < -0.4 is 4.90 Å². The number of alkyl halides is 3. The first-order valence-electron chi connectivity index (χ1n) is 12.4. The molecule has 198 valence electrons. The number of hydrogen-bond donors (Lipinski definition) is 0. The first kappa shape index (κ1) is 25.6. The minimum Gasteiger partial charge on any atom is -0.311 e. The molecule has 0 saturated carbocycles. The third-order valence-corrected chi connectivity index (χ3v) is 8.61. The second kappa shape index (κ2) is 9.81. The zero-order chi connectivity index (χ0) is 27.9. The van der Waals surface area contributed by atoms with Crippen molar-refractivity contribution < 1.29 is 21.6 Å². The Bertz CT molecular complexity index is 1780. The number of benzene rings is 4.